The lowest BCUT2D eigenvalue weighted by Crippen LogP contribution is -2.47. The van der Waals surface area contributed by atoms with Crippen molar-refractivity contribution >= 4 is 11.8 Å². The van der Waals surface area contributed by atoms with Gasteiger partial charge in [0, 0.05) is 37.9 Å². The quantitative estimate of drug-likeness (QED) is 0.902. The number of amides is 2. The fourth-order valence-electron chi connectivity index (χ4n) is 2.60. The molecule has 2 amide bonds. The van der Waals surface area contributed by atoms with Crippen molar-refractivity contribution in [1.82, 2.24) is 10.2 Å². The van der Waals surface area contributed by atoms with Gasteiger partial charge in [0.2, 0.25) is 11.8 Å². The van der Waals surface area contributed by atoms with Crippen LogP contribution in [0.1, 0.15) is 38.9 Å². The lowest BCUT2D eigenvalue weighted by molar-refractivity contribution is -0.135. The Labute approximate surface area is 125 Å². The first-order valence-electron chi connectivity index (χ1n) is 7.67. The molecule has 21 heavy (non-hydrogen) atoms. The highest BCUT2D eigenvalue weighted by molar-refractivity contribution is 5.78. The van der Waals surface area contributed by atoms with Crippen LogP contribution in [-0.4, -0.2) is 35.8 Å². The molecule has 0 spiro atoms. The zero-order chi connectivity index (χ0) is 15.2. The molecular formula is C16H24N2O3. The summed E-state index contributed by atoms with van der Waals surface area (Å²) >= 11 is 0. The van der Waals surface area contributed by atoms with E-state index in [1.807, 2.05) is 30.9 Å². The number of carbonyl (C=O) groups excluding carboxylic acids is 2. The van der Waals surface area contributed by atoms with Crippen LogP contribution in [0.5, 0.6) is 0 Å². The van der Waals surface area contributed by atoms with Crippen molar-refractivity contribution in [2.24, 2.45) is 5.92 Å². The average Bonchev–Trinajstić information content (AvgIpc) is 2.98. The Morgan fingerprint density at radius 1 is 1.38 bits per heavy atom. The third-order valence-electron chi connectivity index (χ3n) is 3.84. The molecule has 1 saturated heterocycles. The lowest BCUT2D eigenvalue weighted by Gasteiger charge is -2.33. The maximum Gasteiger partial charge on any atom is 0.225 e. The summed E-state index contributed by atoms with van der Waals surface area (Å²) in [6.07, 6.45) is 4.37. The summed E-state index contributed by atoms with van der Waals surface area (Å²) in [7, 11) is 0. The topological polar surface area (TPSA) is 62.6 Å². The second-order valence-corrected chi connectivity index (χ2v) is 5.90. The van der Waals surface area contributed by atoms with Crippen molar-refractivity contribution < 1.29 is 14.0 Å². The summed E-state index contributed by atoms with van der Waals surface area (Å²) < 4.78 is 5.21. The third-order valence-corrected chi connectivity index (χ3v) is 3.84. The molecule has 0 unspecified atom stereocenters. The number of likely N-dealkylation sites (tertiary alicyclic amines) is 1. The number of nitrogens with zero attached hydrogens (tertiary/aromatic N) is 1. The Balaban J connectivity index is 1.68. The molecule has 2 heterocycles. The molecule has 0 radical (unpaired) electrons. The molecule has 5 nitrogen and oxygen atoms in total. The van der Waals surface area contributed by atoms with Crippen LogP contribution in [-0.2, 0) is 16.0 Å². The fourth-order valence-corrected chi connectivity index (χ4v) is 2.60. The van der Waals surface area contributed by atoms with Gasteiger partial charge in [0.25, 0.3) is 0 Å². The molecule has 0 atom stereocenters. The molecule has 0 saturated carbocycles. The van der Waals surface area contributed by atoms with Crippen molar-refractivity contribution in [3.05, 3.63) is 24.2 Å². The van der Waals surface area contributed by atoms with Crippen molar-refractivity contribution in [2.75, 3.05) is 13.1 Å². The molecule has 1 aliphatic rings. The second-order valence-electron chi connectivity index (χ2n) is 5.90. The van der Waals surface area contributed by atoms with Crippen LogP contribution in [0, 0.1) is 5.92 Å². The number of carbonyl (C=O) groups is 2. The summed E-state index contributed by atoms with van der Waals surface area (Å²) in [4.78, 5) is 25.7. The van der Waals surface area contributed by atoms with E-state index in [0.29, 0.717) is 12.8 Å². The number of furan rings is 1. The third kappa shape index (κ3) is 4.62. The van der Waals surface area contributed by atoms with Gasteiger partial charge in [-0.2, -0.15) is 0 Å². The van der Waals surface area contributed by atoms with Gasteiger partial charge < -0.3 is 14.6 Å². The van der Waals surface area contributed by atoms with E-state index in [-0.39, 0.29) is 23.8 Å². The Bertz CT molecular complexity index is 460. The van der Waals surface area contributed by atoms with Crippen LogP contribution >= 0.6 is 0 Å². The minimum atomic E-state index is 0.0458. The molecule has 116 valence electrons. The smallest absolute Gasteiger partial charge is 0.225 e. The number of aryl methyl sites for hydroxylation is 1. The van der Waals surface area contributed by atoms with Gasteiger partial charge in [-0.15, -0.1) is 0 Å². The highest BCUT2D eigenvalue weighted by Gasteiger charge is 2.24. The van der Waals surface area contributed by atoms with E-state index in [1.165, 1.54) is 0 Å². The molecule has 1 aromatic rings. The maximum absolute atomic E-state index is 11.9. The van der Waals surface area contributed by atoms with Crippen molar-refractivity contribution in [3.8, 4) is 0 Å². The molecule has 1 N–H and O–H groups in total. The van der Waals surface area contributed by atoms with E-state index in [9.17, 15) is 9.59 Å². The summed E-state index contributed by atoms with van der Waals surface area (Å²) in [5.74, 6) is 1.14. The maximum atomic E-state index is 11.9. The Hall–Kier alpha value is -1.78. The van der Waals surface area contributed by atoms with Crippen LogP contribution in [0.15, 0.2) is 22.8 Å². The van der Waals surface area contributed by atoms with Crippen molar-refractivity contribution in [1.29, 1.82) is 0 Å². The van der Waals surface area contributed by atoms with Gasteiger partial charge in [-0.1, -0.05) is 13.8 Å². The highest BCUT2D eigenvalue weighted by Crippen LogP contribution is 2.13. The minimum Gasteiger partial charge on any atom is -0.469 e. The molecule has 1 aliphatic heterocycles. The summed E-state index contributed by atoms with van der Waals surface area (Å²) in [5, 5.41) is 3.05. The first-order valence-corrected chi connectivity index (χ1v) is 7.67. The first kappa shape index (κ1) is 15.6. The lowest BCUT2D eigenvalue weighted by atomic mass is 10.0. The van der Waals surface area contributed by atoms with E-state index >= 15 is 0 Å². The normalized spacial score (nSPS) is 16.2. The number of nitrogens with one attached hydrogen (secondary N) is 1. The standard InChI is InChI=1S/C16H24N2O3/c1-12(2)16(20)18-9-7-13(8-10-18)17-15(19)6-5-14-4-3-11-21-14/h3-4,11-13H,5-10H2,1-2H3,(H,17,19). The predicted molar refractivity (Wildman–Crippen MR) is 79.6 cm³/mol. The summed E-state index contributed by atoms with van der Waals surface area (Å²) in [6.45, 7) is 5.32. The largest absolute Gasteiger partial charge is 0.469 e. The van der Waals surface area contributed by atoms with E-state index < -0.39 is 0 Å². The SMILES string of the molecule is CC(C)C(=O)N1CCC(NC(=O)CCc2ccco2)CC1. The van der Waals surface area contributed by atoms with E-state index in [1.54, 1.807) is 6.26 Å². The first-order chi connectivity index (χ1) is 10.1. The molecule has 0 aromatic carbocycles. The van der Waals surface area contributed by atoms with Gasteiger partial charge in [-0.3, -0.25) is 9.59 Å². The monoisotopic (exact) mass is 292 g/mol. The zero-order valence-corrected chi connectivity index (χ0v) is 12.8. The van der Waals surface area contributed by atoms with Crippen LogP contribution in [0.3, 0.4) is 0 Å². The van der Waals surface area contributed by atoms with Gasteiger partial charge in [0.15, 0.2) is 0 Å². The Morgan fingerprint density at radius 2 is 2.10 bits per heavy atom. The van der Waals surface area contributed by atoms with Gasteiger partial charge in [-0.25, -0.2) is 0 Å². The average molecular weight is 292 g/mol. The number of rotatable bonds is 5. The number of hydrogen-bond donors (Lipinski definition) is 1. The fraction of sp³-hybridized carbons (Fsp3) is 0.625. The number of piperidine rings is 1. The van der Waals surface area contributed by atoms with Crippen molar-refractivity contribution in [2.45, 2.75) is 45.6 Å². The Morgan fingerprint density at radius 3 is 2.67 bits per heavy atom. The summed E-state index contributed by atoms with van der Waals surface area (Å²) in [5.41, 5.74) is 0. The van der Waals surface area contributed by atoms with E-state index in [0.717, 1.165) is 31.7 Å². The zero-order valence-electron chi connectivity index (χ0n) is 12.8. The Kier molecular flexibility index (Phi) is 5.42. The van der Waals surface area contributed by atoms with Crippen molar-refractivity contribution in [3.63, 3.8) is 0 Å². The molecule has 0 aliphatic carbocycles. The molecule has 1 aromatic heterocycles. The van der Waals surface area contributed by atoms with Crippen LogP contribution in [0.4, 0.5) is 0 Å². The van der Waals surface area contributed by atoms with Gasteiger partial charge in [0.05, 0.1) is 6.26 Å². The molecule has 2 rings (SSSR count). The summed E-state index contributed by atoms with van der Waals surface area (Å²) in [6, 6.07) is 3.89. The van der Waals surface area contributed by atoms with Crippen LogP contribution in [0.2, 0.25) is 0 Å². The van der Waals surface area contributed by atoms with Gasteiger partial charge in [-0.05, 0) is 25.0 Å². The molecular weight excluding hydrogens is 268 g/mol. The number of hydrogen-bond acceptors (Lipinski definition) is 3. The van der Waals surface area contributed by atoms with E-state index in [4.69, 9.17) is 4.42 Å². The van der Waals surface area contributed by atoms with E-state index in [2.05, 4.69) is 5.32 Å². The van der Waals surface area contributed by atoms with Crippen LogP contribution in [0.25, 0.3) is 0 Å². The second kappa shape index (κ2) is 7.29. The highest BCUT2D eigenvalue weighted by atomic mass is 16.3. The van der Waals surface area contributed by atoms with Gasteiger partial charge >= 0.3 is 0 Å². The molecule has 0 bridgehead atoms. The predicted octanol–water partition coefficient (Wildman–Crippen LogP) is 1.98. The van der Waals surface area contributed by atoms with Gasteiger partial charge in [0.1, 0.15) is 5.76 Å². The molecule has 5 heteroatoms. The molecule has 1 fully saturated rings. The minimum absolute atomic E-state index is 0.0458. The van der Waals surface area contributed by atoms with Crippen LogP contribution < -0.4 is 5.32 Å².